The highest BCUT2D eigenvalue weighted by atomic mass is 19.1. The molecule has 1 heterocycles. The van der Waals surface area contributed by atoms with Crippen LogP contribution in [0.2, 0.25) is 0 Å². The molecule has 3 rings (SSSR count). The van der Waals surface area contributed by atoms with Crippen LogP contribution in [-0.2, 0) is 9.59 Å². The van der Waals surface area contributed by atoms with Crippen molar-refractivity contribution in [1.29, 1.82) is 0 Å². The van der Waals surface area contributed by atoms with Gasteiger partial charge in [0.1, 0.15) is 11.6 Å². The van der Waals surface area contributed by atoms with Crippen LogP contribution in [0, 0.1) is 19.7 Å². The first-order valence-corrected chi connectivity index (χ1v) is 10.6. The van der Waals surface area contributed by atoms with E-state index < -0.39 is 23.5 Å². The third-order valence-corrected chi connectivity index (χ3v) is 6.06. The van der Waals surface area contributed by atoms with Crippen LogP contribution in [0.4, 0.5) is 4.39 Å². The van der Waals surface area contributed by atoms with Crippen LogP contribution in [0.1, 0.15) is 42.1 Å². The summed E-state index contributed by atoms with van der Waals surface area (Å²) in [5, 5.41) is 11.1. The summed E-state index contributed by atoms with van der Waals surface area (Å²) < 4.78 is 13.6. The molecule has 1 amide bonds. The number of hydrogen-bond acceptors (Lipinski definition) is 4. The van der Waals surface area contributed by atoms with Gasteiger partial charge in [-0.1, -0.05) is 38.1 Å². The lowest BCUT2D eigenvalue weighted by Gasteiger charge is -2.28. The van der Waals surface area contributed by atoms with Gasteiger partial charge in [0, 0.05) is 18.7 Å². The van der Waals surface area contributed by atoms with Crippen LogP contribution >= 0.6 is 0 Å². The Morgan fingerprint density at radius 3 is 2.26 bits per heavy atom. The lowest BCUT2D eigenvalue weighted by Crippen LogP contribution is -2.38. The predicted molar refractivity (Wildman–Crippen MR) is 119 cm³/mol. The lowest BCUT2D eigenvalue weighted by molar-refractivity contribution is -0.140. The largest absolute Gasteiger partial charge is 0.507 e. The van der Waals surface area contributed by atoms with E-state index in [0.717, 1.165) is 24.2 Å². The minimum Gasteiger partial charge on any atom is -0.507 e. The van der Waals surface area contributed by atoms with E-state index in [4.69, 9.17) is 0 Å². The van der Waals surface area contributed by atoms with Crippen LogP contribution in [-0.4, -0.2) is 52.8 Å². The first kappa shape index (κ1) is 22.7. The molecule has 2 aromatic carbocycles. The Morgan fingerprint density at radius 2 is 1.68 bits per heavy atom. The summed E-state index contributed by atoms with van der Waals surface area (Å²) >= 11 is 0. The smallest absolute Gasteiger partial charge is 0.295 e. The second kappa shape index (κ2) is 9.43. The van der Waals surface area contributed by atoms with Gasteiger partial charge in [-0.2, -0.15) is 0 Å². The van der Waals surface area contributed by atoms with Crippen molar-refractivity contribution in [1.82, 2.24) is 9.80 Å². The molecule has 6 heteroatoms. The molecule has 1 unspecified atom stereocenters. The molecule has 0 aliphatic carbocycles. The third kappa shape index (κ3) is 4.54. The van der Waals surface area contributed by atoms with Crippen molar-refractivity contribution >= 4 is 17.4 Å². The third-order valence-electron chi connectivity index (χ3n) is 6.06. The Bertz CT molecular complexity index is 1010. The van der Waals surface area contributed by atoms with Gasteiger partial charge < -0.3 is 14.9 Å². The summed E-state index contributed by atoms with van der Waals surface area (Å²) in [4.78, 5) is 29.6. The summed E-state index contributed by atoms with van der Waals surface area (Å²) in [5.74, 6) is -1.98. The first-order chi connectivity index (χ1) is 14.8. The zero-order valence-corrected chi connectivity index (χ0v) is 18.5. The molecule has 1 aliphatic heterocycles. The number of likely N-dealkylation sites (tertiary alicyclic amines) is 1. The number of carbonyl (C=O) groups is 2. The van der Waals surface area contributed by atoms with Crippen molar-refractivity contribution in [3.63, 3.8) is 0 Å². The molecule has 0 saturated carbocycles. The number of Topliss-reactive ketones (excluding diaryl/α,β-unsaturated/α-hetero) is 1. The number of rotatable bonds is 7. The second-order valence-electron chi connectivity index (χ2n) is 7.87. The quantitative estimate of drug-likeness (QED) is 0.411. The Morgan fingerprint density at radius 1 is 1.03 bits per heavy atom. The van der Waals surface area contributed by atoms with E-state index in [9.17, 15) is 19.1 Å². The van der Waals surface area contributed by atoms with E-state index in [1.165, 1.54) is 17.0 Å². The van der Waals surface area contributed by atoms with Crippen molar-refractivity contribution in [2.24, 2.45) is 0 Å². The van der Waals surface area contributed by atoms with Crippen molar-refractivity contribution in [3.8, 4) is 0 Å². The molecule has 0 aromatic heterocycles. The number of benzene rings is 2. The van der Waals surface area contributed by atoms with Gasteiger partial charge in [0.2, 0.25) is 0 Å². The molecule has 1 aliphatic rings. The summed E-state index contributed by atoms with van der Waals surface area (Å²) in [7, 11) is 0. The first-order valence-electron chi connectivity index (χ1n) is 10.6. The zero-order chi connectivity index (χ0) is 22.7. The standard InChI is InChI=1S/C25H29FN2O3/c1-5-27(6-2)13-14-28-22(18-9-11-20(26)12-10-18)21(24(30)25(28)31)23(29)19-8-7-16(3)17(4)15-19/h7-12,15,22,29H,5-6,13-14H2,1-4H3/b23-21-. The molecule has 0 radical (unpaired) electrons. The van der Waals surface area contributed by atoms with Gasteiger partial charge in [-0.25, -0.2) is 4.39 Å². The number of aliphatic hydroxyl groups excluding tert-OH is 1. The zero-order valence-electron chi connectivity index (χ0n) is 18.5. The highest BCUT2D eigenvalue weighted by Crippen LogP contribution is 2.39. The number of ketones is 1. The summed E-state index contributed by atoms with van der Waals surface area (Å²) in [6.07, 6.45) is 0. The fraction of sp³-hybridized carbons (Fsp3) is 0.360. The molecule has 31 heavy (non-hydrogen) atoms. The number of hydrogen-bond donors (Lipinski definition) is 1. The second-order valence-corrected chi connectivity index (χ2v) is 7.87. The number of likely N-dealkylation sites (N-methyl/N-ethyl adjacent to an activating group) is 1. The summed E-state index contributed by atoms with van der Waals surface area (Å²) in [6, 6.07) is 10.4. The van der Waals surface area contributed by atoms with E-state index in [1.807, 2.05) is 33.8 Å². The molecule has 2 aromatic rings. The van der Waals surface area contributed by atoms with Crippen LogP contribution in [0.5, 0.6) is 0 Å². The normalized spacial score (nSPS) is 18.3. The van der Waals surface area contributed by atoms with Gasteiger partial charge in [-0.05, 0) is 61.8 Å². The van der Waals surface area contributed by atoms with Gasteiger partial charge >= 0.3 is 0 Å². The monoisotopic (exact) mass is 424 g/mol. The SMILES string of the molecule is CCN(CC)CCN1C(=O)C(=O)/C(=C(\O)c2ccc(C)c(C)c2)C1c1ccc(F)cc1. The maximum Gasteiger partial charge on any atom is 0.295 e. The molecular weight excluding hydrogens is 395 g/mol. The number of aliphatic hydroxyl groups is 1. The molecule has 164 valence electrons. The maximum atomic E-state index is 13.6. The molecule has 1 atom stereocenters. The fourth-order valence-electron chi connectivity index (χ4n) is 3.94. The van der Waals surface area contributed by atoms with Gasteiger partial charge in [-0.3, -0.25) is 9.59 Å². The van der Waals surface area contributed by atoms with Gasteiger partial charge in [0.25, 0.3) is 11.7 Å². The summed E-state index contributed by atoms with van der Waals surface area (Å²) in [6.45, 7) is 10.5. The molecule has 1 N–H and O–H groups in total. The maximum absolute atomic E-state index is 13.6. The van der Waals surface area contributed by atoms with Gasteiger partial charge in [-0.15, -0.1) is 0 Å². The Labute approximate surface area is 182 Å². The fourth-order valence-corrected chi connectivity index (χ4v) is 3.94. The molecule has 1 saturated heterocycles. The average molecular weight is 425 g/mol. The van der Waals surface area contributed by atoms with Crippen LogP contribution in [0.3, 0.4) is 0 Å². The predicted octanol–water partition coefficient (Wildman–Crippen LogP) is 4.21. The number of nitrogens with zero attached hydrogens (tertiary/aromatic N) is 2. The van der Waals surface area contributed by atoms with E-state index in [-0.39, 0.29) is 11.3 Å². The van der Waals surface area contributed by atoms with E-state index >= 15 is 0 Å². The van der Waals surface area contributed by atoms with Crippen molar-refractivity contribution in [3.05, 3.63) is 76.1 Å². The molecule has 1 fully saturated rings. The highest BCUT2D eigenvalue weighted by Gasteiger charge is 2.45. The van der Waals surface area contributed by atoms with E-state index in [1.54, 1.807) is 24.3 Å². The number of aryl methyl sites for hydroxylation is 2. The average Bonchev–Trinajstić information content (AvgIpc) is 3.01. The molecular formula is C25H29FN2O3. The van der Waals surface area contributed by atoms with E-state index in [0.29, 0.717) is 24.2 Å². The van der Waals surface area contributed by atoms with Crippen LogP contribution < -0.4 is 0 Å². The Hall–Kier alpha value is -2.99. The topological polar surface area (TPSA) is 60.9 Å². The number of halogens is 1. The van der Waals surface area contributed by atoms with Crippen molar-refractivity contribution < 1.29 is 19.1 Å². The Kier molecular flexibility index (Phi) is 6.91. The number of amides is 1. The lowest BCUT2D eigenvalue weighted by atomic mass is 9.94. The minimum atomic E-state index is -0.766. The highest BCUT2D eigenvalue weighted by molar-refractivity contribution is 6.46. The molecule has 0 bridgehead atoms. The van der Waals surface area contributed by atoms with Gasteiger partial charge in [0.05, 0.1) is 11.6 Å². The Balaban J connectivity index is 2.11. The van der Waals surface area contributed by atoms with Crippen LogP contribution in [0.25, 0.3) is 5.76 Å². The van der Waals surface area contributed by atoms with Crippen molar-refractivity contribution in [2.75, 3.05) is 26.2 Å². The van der Waals surface area contributed by atoms with Crippen molar-refractivity contribution in [2.45, 2.75) is 33.7 Å². The minimum absolute atomic E-state index is 0.0411. The number of carbonyl (C=O) groups excluding carboxylic acids is 2. The summed E-state index contributed by atoms with van der Waals surface area (Å²) in [5.41, 5.74) is 3.14. The molecule has 0 spiro atoms. The van der Waals surface area contributed by atoms with Gasteiger partial charge in [0.15, 0.2) is 0 Å². The van der Waals surface area contributed by atoms with E-state index in [2.05, 4.69) is 4.90 Å². The van der Waals surface area contributed by atoms with Crippen LogP contribution in [0.15, 0.2) is 48.0 Å². The molecule has 5 nitrogen and oxygen atoms in total.